The third-order valence-electron chi connectivity index (χ3n) is 2.31. The van der Waals surface area contributed by atoms with Gasteiger partial charge in [0.25, 0.3) is 5.91 Å². The highest BCUT2D eigenvalue weighted by atomic mass is 79.9. The van der Waals surface area contributed by atoms with Gasteiger partial charge in [-0.3, -0.25) is 9.78 Å². The Morgan fingerprint density at radius 1 is 1.50 bits per heavy atom. The molecule has 6 nitrogen and oxygen atoms in total. The van der Waals surface area contributed by atoms with Crippen molar-refractivity contribution < 1.29 is 9.53 Å². The second kappa shape index (κ2) is 4.77. The fraction of sp³-hybridized carbons (Fsp3) is 0.182. The minimum Gasteiger partial charge on any atom is -0.437 e. The number of rotatable bonds is 3. The second-order valence-electron chi connectivity index (χ2n) is 3.69. The second-order valence-corrected chi connectivity index (χ2v) is 4.61. The average Bonchev–Trinajstić information content (AvgIpc) is 2.53. The molecule has 0 spiro atoms. The molecule has 0 fully saturated rings. The first-order chi connectivity index (χ1) is 8.49. The van der Waals surface area contributed by atoms with Gasteiger partial charge in [-0.1, -0.05) is 0 Å². The SMILES string of the molecule is Cc1nn(C)c(Oc2cncc(Br)c2)c1C(N)=O. The van der Waals surface area contributed by atoms with Crippen LogP contribution in [0.25, 0.3) is 0 Å². The van der Waals surface area contributed by atoms with E-state index in [1.165, 1.54) is 10.9 Å². The van der Waals surface area contributed by atoms with Crippen molar-refractivity contribution in [2.75, 3.05) is 0 Å². The van der Waals surface area contributed by atoms with Crippen molar-refractivity contribution in [1.82, 2.24) is 14.8 Å². The normalized spacial score (nSPS) is 10.4. The van der Waals surface area contributed by atoms with E-state index in [2.05, 4.69) is 26.0 Å². The van der Waals surface area contributed by atoms with Gasteiger partial charge in [-0.2, -0.15) is 5.10 Å². The van der Waals surface area contributed by atoms with Gasteiger partial charge in [-0.25, -0.2) is 4.68 Å². The number of nitrogens with zero attached hydrogens (tertiary/aromatic N) is 3. The zero-order valence-electron chi connectivity index (χ0n) is 9.85. The number of pyridine rings is 1. The van der Waals surface area contributed by atoms with Crippen LogP contribution in [0.1, 0.15) is 16.1 Å². The highest BCUT2D eigenvalue weighted by Crippen LogP contribution is 2.27. The number of halogens is 1. The van der Waals surface area contributed by atoms with Gasteiger partial charge in [0, 0.05) is 17.7 Å². The van der Waals surface area contributed by atoms with Crippen LogP contribution in [0, 0.1) is 6.92 Å². The molecular weight excluding hydrogens is 300 g/mol. The van der Waals surface area contributed by atoms with E-state index in [1.54, 1.807) is 26.2 Å². The molecule has 2 aromatic rings. The molecule has 0 bridgehead atoms. The Morgan fingerprint density at radius 2 is 2.22 bits per heavy atom. The van der Waals surface area contributed by atoms with Gasteiger partial charge < -0.3 is 10.5 Å². The third-order valence-corrected chi connectivity index (χ3v) is 2.74. The summed E-state index contributed by atoms with van der Waals surface area (Å²) in [5.74, 6) is 0.230. The lowest BCUT2D eigenvalue weighted by Crippen LogP contribution is -2.13. The quantitative estimate of drug-likeness (QED) is 0.936. The third kappa shape index (κ3) is 2.35. The molecule has 1 amide bonds. The van der Waals surface area contributed by atoms with Gasteiger partial charge >= 0.3 is 0 Å². The summed E-state index contributed by atoms with van der Waals surface area (Å²) in [5, 5.41) is 4.11. The monoisotopic (exact) mass is 310 g/mol. The number of nitrogens with two attached hydrogens (primary N) is 1. The van der Waals surface area contributed by atoms with Crippen molar-refractivity contribution in [3.05, 3.63) is 34.2 Å². The van der Waals surface area contributed by atoms with E-state index in [-0.39, 0.29) is 5.56 Å². The van der Waals surface area contributed by atoms with Crippen molar-refractivity contribution in [3.63, 3.8) is 0 Å². The Hall–Kier alpha value is -1.89. The van der Waals surface area contributed by atoms with Crippen molar-refractivity contribution >= 4 is 21.8 Å². The fourth-order valence-electron chi connectivity index (χ4n) is 1.60. The highest BCUT2D eigenvalue weighted by molar-refractivity contribution is 9.10. The lowest BCUT2D eigenvalue weighted by Gasteiger charge is -2.06. The molecule has 18 heavy (non-hydrogen) atoms. The van der Waals surface area contributed by atoms with Crippen LogP contribution >= 0.6 is 15.9 Å². The van der Waals surface area contributed by atoms with Gasteiger partial charge in [-0.15, -0.1) is 0 Å². The molecule has 0 saturated carbocycles. The number of primary amides is 1. The van der Waals surface area contributed by atoms with Crippen LogP contribution < -0.4 is 10.5 Å². The van der Waals surface area contributed by atoms with Crippen LogP contribution in [0.15, 0.2) is 22.9 Å². The molecule has 2 heterocycles. The zero-order valence-corrected chi connectivity index (χ0v) is 11.4. The molecule has 0 aliphatic heterocycles. The van der Waals surface area contributed by atoms with Gasteiger partial charge in [0.15, 0.2) is 0 Å². The van der Waals surface area contributed by atoms with Crippen LogP contribution in [-0.4, -0.2) is 20.7 Å². The number of ether oxygens (including phenoxy) is 1. The summed E-state index contributed by atoms with van der Waals surface area (Å²) >= 11 is 3.29. The zero-order chi connectivity index (χ0) is 13.3. The molecule has 94 valence electrons. The Kier molecular flexibility index (Phi) is 3.33. The number of carbonyl (C=O) groups is 1. The summed E-state index contributed by atoms with van der Waals surface area (Å²) in [4.78, 5) is 15.4. The summed E-state index contributed by atoms with van der Waals surface area (Å²) in [7, 11) is 1.68. The predicted molar refractivity (Wildman–Crippen MR) is 68.5 cm³/mol. The van der Waals surface area contributed by atoms with Crippen molar-refractivity contribution in [1.29, 1.82) is 0 Å². The molecule has 2 aromatic heterocycles. The van der Waals surface area contributed by atoms with Crippen LogP contribution in [-0.2, 0) is 7.05 Å². The fourth-order valence-corrected chi connectivity index (χ4v) is 1.94. The number of aryl methyl sites for hydroxylation is 2. The van der Waals surface area contributed by atoms with Gasteiger partial charge in [0.05, 0.1) is 11.9 Å². The van der Waals surface area contributed by atoms with E-state index >= 15 is 0 Å². The van der Waals surface area contributed by atoms with Crippen molar-refractivity contribution in [2.45, 2.75) is 6.92 Å². The number of hydrogen-bond acceptors (Lipinski definition) is 4. The first-order valence-electron chi connectivity index (χ1n) is 5.11. The molecule has 0 atom stereocenters. The van der Waals surface area contributed by atoms with Gasteiger partial charge in [0.1, 0.15) is 11.3 Å². The Labute approximate surface area is 112 Å². The number of hydrogen-bond donors (Lipinski definition) is 1. The summed E-state index contributed by atoms with van der Waals surface area (Å²) in [5.41, 5.74) is 6.12. The first-order valence-corrected chi connectivity index (χ1v) is 5.90. The van der Waals surface area contributed by atoms with E-state index in [0.717, 1.165) is 4.47 Å². The Balaban J connectivity index is 2.43. The number of carbonyl (C=O) groups excluding carboxylic acids is 1. The van der Waals surface area contributed by atoms with E-state index in [9.17, 15) is 4.79 Å². The molecule has 7 heteroatoms. The molecule has 0 aromatic carbocycles. The maximum atomic E-state index is 11.4. The van der Waals surface area contributed by atoms with Gasteiger partial charge in [-0.05, 0) is 28.9 Å². The maximum absolute atomic E-state index is 11.4. The summed E-state index contributed by atoms with van der Waals surface area (Å²) in [6.45, 7) is 1.70. The first kappa shape index (κ1) is 12.6. The van der Waals surface area contributed by atoms with Gasteiger partial charge in [0.2, 0.25) is 5.88 Å². The van der Waals surface area contributed by atoms with E-state index < -0.39 is 5.91 Å². The predicted octanol–water partition coefficient (Wildman–Crippen LogP) is 1.78. The van der Waals surface area contributed by atoms with Crippen LogP contribution in [0.4, 0.5) is 0 Å². The molecule has 0 radical (unpaired) electrons. The van der Waals surface area contributed by atoms with E-state index in [4.69, 9.17) is 10.5 Å². The smallest absolute Gasteiger partial charge is 0.256 e. The van der Waals surface area contributed by atoms with E-state index in [0.29, 0.717) is 17.3 Å². The molecule has 0 saturated heterocycles. The minimum absolute atomic E-state index is 0.275. The summed E-state index contributed by atoms with van der Waals surface area (Å²) in [6, 6.07) is 1.74. The summed E-state index contributed by atoms with van der Waals surface area (Å²) in [6.07, 6.45) is 3.17. The molecule has 0 aliphatic carbocycles. The molecule has 0 aliphatic rings. The van der Waals surface area contributed by atoms with Crippen LogP contribution in [0.5, 0.6) is 11.6 Å². The molecular formula is C11H11BrN4O2. The molecule has 2 rings (SSSR count). The Morgan fingerprint density at radius 3 is 2.83 bits per heavy atom. The highest BCUT2D eigenvalue weighted by Gasteiger charge is 2.20. The molecule has 2 N–H and O–H groups in total. The standard InChI is InChI=1S/C11H11BrN4O2/c1-6-9(10(13)17)11(16(2)15-6)18-8-3-7(12)4-14-5-8/h3-5H,1-2H3,(H2,13,17). The van der Waals surface area contributed by atoms with Crippen LogP contribution in [0.3, 0.4) is 0 Å². The largest absolute Gasteiger partial charge is 0.437 e. The number of amides is 1. The van der Waals surface area contributed by atoms with Crippen molar-refractivity contribution in [3.8, 4) is 11.6 Å². The summed E-state index contributed by atoms with van der Waals surface area (Å²) < 4.78 is 7.86. The van der Waals surface area contributed by atoms with Crippen molar-refractivity contribution in [2.24, 2.45) is 12.8 Å². The maximum Gasteiger partial charge on any atom is 0.256 e. The Bertz CT molecular complexity index is 609. The van der Waals surface area contributed by atoms with Crippen LogP contribution in [0.2, 0.25) is 0 Å². The number of aromatic nitrogens is 3. The lowest BCUT2D eigenvalue weighted by molar-refractivity contribution is 0.0997. The molecule has 0 unspecified atom stereocenters. The average molecular weight is 311 g/mol. The van der Waals surface area contributed by atoms with E-state index in [1.807, 2.05) is 0 Å². The lowest BCUT2D eigenvalue weighted by atomic mass is 10.2. The topological polar surface area (TPSA) is 83.0 Å². The minimum atomic E-state index is -0.571.